The second-order valence-corrected chi connectivity index (χ2v) is 6.17. The van der Waals surface area contributed by atoms with E-state index in [0.717, 1.165) is 12.3 Å². The molecule has 0 saturated heterocycles. The van der Waals surface area contributed by atoms with Crippen LogP contribution in [0.25, 0.3) is 0 Å². The van der Waals surface area contributed by atoms with E-state index in [9.17, 15) is 18.3 Å². The van der Waals surface area contributed by atoms with Crippen LogP contribution < -0.4 is 10.2 Å². The zero-order chi connectivity index (χ0) is 14.5. The van der Waals surface area contributed by atoms with E-state index in [2.05, 4.69) is 9.71 Å². The summed E-state index contributed by atoms with van der Waals surface area (Å²) in [6.45, 7) is 1.59. The van der Waals surface area contributed by atoms with Crippen molar-refractivity contribution in [2.45, 2.75) is 23.8 Å². The van der Waals surface area contributed by atoms with Gasteiger partial charge in [0.15, 0.2) is 0 Å². The fraction of sp³-hybridized carbons (Fsp3) is 0.545. The lowest BCUT2D eigenvalue weighted by Gasteiger charge is -2.23. The normalized spacial score (nSPS) is 15.1. The Bertz CT molecular complexity index is 564. The van der Waals surface area contributed by atoms with Gasteiger partial charge in [0.1, 0.15) is 4.90 Å². The molecule has 7 nitrogen and oxygen atoms in total. The molecule has 3 N–H and O–H groups in total. The first-order chi connectivity index (χ1) is 8.78. The zero-order valence-corrected chi connectivity index (χ0v) is 11.7. The summed E-state index contributed by atoms with van der Waals surface area (Å²) in [4.78, 5) is 13.6. The third-order valence-corrected chi connectivity index (χ3v) is 3.99. The first-order valence-electron chi connectivity index (χ1n) is 5.66. The molecule has 108 valence electrons. The van der Waals surface area contributed by atoms with Crippen molar-refractivity contribution >= 4 is 10.0 Å². The van der Waals surface area contributed by atoms with Gasteiger partial charge in [-0.25, -0.2) is 13.1 Å². The molecule has 1 unspecified atom stereocenters. The second kappa shape index (κ2) is 6.29. The van der Waals surface area contributed by atoms with Crippen LogP contribution in [0.15, 0.2) is 28.2 Å². The Morgan fingerprint density at radius 1 is 1.53 bits per heavy atom. The van der Waals surface area contributed by atoms with Crippen LogP contribution in [0.4, 0.5) is 0 Å². The second-order valence-electron chi connectivity index (χ2n) is 4.44. The molecule has 0 bridgehead atoms. The Hall–Kier alpha value is -1.22. The van der Waals surface area contributed by atoms with Gasteiger partial charge in [0.05, 0.1) is 5.60 Å². The van der Waals surface area contributed by atoms with Crippen LogP contribution >= 0.6 is 0 Å². The van der Waals surface area contributed by atoms with Gasteiger partial charge in [-0.3, -0.25) is 4.79 Å². The highest BCUT2D eigenvalue weighted by Gasteiger charge is 2.25. The Morgan fingerprint density at radius 3 is 2.79 bits per heavy atom. The molecule has 1 atom stereocenters. The summed E-state index contributed by atoms with van der Waals surface area (Å²) in [7, 11) is -2.45. The number of sulfonamides is 1. The van der Waals surface area contributed by atoms with Crippen LogP contribution in [-0.2, 0) is 14.8 Å². The van der Waals surface area contributed by atoms with Crippen molar-refractivity contribution in [1.82, 2.24) is 9.71 Å². The molecular weight excluding hydrogens is 272 g/mol. The number of H-pyrrole nitrogens is 1. The molecule has 0 fully saturated rings. The summed E-state index contributed by atoms with van der Waals surface area (Å²) in [6.07, 6.45) is 2.72. The van der Waals surface area contributed by atoms with Crippen molar-refractivity contribution in [3.05, 3.63) is 28.7 Å². The number of rotatable bonds is 7. The zero-order valence-electron chi connectivity index (χ0n) is 10.8. The van der Waals surface area contributed by atoms with Crippen LogP contribution in [0.1, 0.15) is 13.3 Å². The van der Waals surface area contributed by atoms with Crippen LogP contribution in [0, 0.1) is 0 Å². The molecule has 0 aliphatic carbocycles. The summed E-state index contributed by atoms with van der Waals surface area (Å²) in [5.74, 6) is 0. The summed E-state index contributed by atoms with van der Waals surface area (Å²) >= 11 is 0. The smallest absolute Gasteiger partial charge is 0.246 e. The predicted molar refractivity (Wildman–Crippen MR) is 69.4 cm³/mol. The van der Waals surface area contributed by atoms with Gasteiger partial charge in [0.25, 0.3) is 0 Å². The lowest BCUT2D eigenvalue weighted by molar-refractivity contribution is 0.0292. The number of aliphatic hydroxyl groups is 1. The first-order valence-corrected chi connectivity index (χ1v) is 7.15. The average molecular weight is 290 g/mol. The Morgan fingerprint density at radius 2 is 2.21 bits per heavy atom. The minimum absolute atomic E-state index is 0.201. The number of nitrogens with one attached hydrogen (secondary N) is 2. The quantitative estimate of drug-likeness (QED) is 0.624. The van der Waals surface area contributed by atoms with Gasteiger partial charge in [-0.05, 0) is 6.92 Å². The highest BCUT2D eigenvalue weighted by molar-refractivity contribution is 7.89. The third kappa shape index (κ3) is 4.75. The number of hydrogen-bond donors (Lipinski definition) is 3. The maximum Gasteiger partial charge on any atom is 0.246 e. The van der Waals surface area contributed by atoms with Gasteiger partial charge < -0.3 is 14.8 Å². The van der Waals surface area contributed by atoms with Gasteiger partial charge in [0, 0.05) is 45.1 Å². The van der Waals surface area contributed by atoms with Crippen molar-refractivity contribution < 1.29 is 18.3 Å². The van der Waals surface area contributed by atoms with Gasteiger partial charge in [-0.15, -0.1) is 0 Å². The first kappa shape index (κ1) is 15.8. The van der Waals surface area contributed by atoms with E-state index in [4.69, 9.17) is 4.74 Å². The summed E-state index contributed by atoms with van der Waals surface area (Å²) in [6, 6.07) is 1.12. The van der Waals surface area contributed by atoms with E-state index in [1.54, 1.807) is 0 Å². The van der Waals surface area contributed by atoms with Gasteiger partial charge in [0.2, 0.25) is 15.5 Å². The molecule has 0 aliphatic rings. The minimum atomic E-state index is -3.94. The van der Waals surface area contributed by atoms with Gasteiger partial charge >= 0.3 is 0 Å². The van der Waals surface area contributed by atoms with Crippen LogP contribution in [0.5, 0.6) is 0 Å². The van der Waals surface area contributed by atoms with E-state index in [1.807, 2.05) is 0 Å². The van der Waals surface area contributed by atoms with E-state index in [-0.39, 0.29) is 17.9 Å². The van der Waals surface area contributed by atoms with Crippen molar-refractivity contribution in [2.24, 2.45) is 0 Å². The molecule has 1 heterocycles. The molecule has 0 spiro atoms. The lowest BCUT2D eigenvalue weighted by atomic mass is 10.0. The number of pyridine rings is 1. The minimum Gasteiger partial charge on any atom is -0.389 e. The van der Waals surface area contributed by atoms with Gasteiger partial charge in [-0.2, -0.15) is 0 Å². The van der Waals surface area contributed by atoms with Crippen LogP contribution in [-0.4, -0.2) is 44.4 Å². The number of ether oxygens (including phenoxy) is 1. The topological polar surface area (TPSA) is 108 Å². The molecule has 1 aromatic heterocycles. The number of aromatic nitrogens is 1. The molecule has 0 radical (unpaired) electrons. The van der Waals surface area contributed by atoms with Crippen LogP contribution in [0.2, 0.25) is 0 Å². The van der Waals surface area contributed by atoms with Crippen molar-refractivity contribution in [3.8, 4) is 0 Å². The average Bonchev–Trinajstić information content (AvgIpc) is 2.35. The number of methoxy groups -OCH3 is 1. The Kier molecular flexibility index (Phi) is 5.24. The molecule has 8 heteroatoms. The summed E-state index contributed by atoms with van der Waals surface area (Å²) in [5, 5.41) is 9.93. The fourth-order valence-electron chi connectivity index (χ4n) is 1.35. The summed E-state index contributed by atoms with van der Waals surface area (Å²) < 4.78 is 30.8. The van der Waals surface area contributed by atoms with Crippen molar-refractivity contribution in [2.75, 3.05) is 20.3 Å². The van der Waals surface area contributed by atoms with E-state index in [0.29, 0.717) is 6.61 Å². The lowest BCUT2D eigenvalue weighted by Crippen LogP contribution is -2.42. The van der Waals surface area contributed by atoms with Crippen molar-refractivity contribution in [3.63, 3.8) is 0 Å². The Balaban J connectivity index is 2.77. The fourth-order valence-corrected chi connectivity index (χ4v) is 2.56. The molecule has 0 aromatic carbocycles. The van der Waals surface area contributed by atoms with E-state index >= 15 is 0 Å². The molecule has 1 aromatic rings. The molecule has 0 amide bonds. The molecule has 0 aliphatic heterocycles. The van der Waals surface area contributed by atoms with E-state index < -0.39 is 21.1 Å². The number of aromatic amines is 1. The van der Waals surface area contributed by atoms with Gasteiger partial charge in [-0.1, -0.05) is 0 Å². The molecular formula is C11H18N2O5S. The maximum absolute atomic E-state index is 11.9. The highest BCUT2D eigenvalue weighted by Crippen LogP contribution is 2.09. The SMILES string of the molecule is COCCC(C)(O)CNS(=O)(=O)c1c[nH]ccc1=O. The Labute approximate surface area is 111 Å². The van der Waals surface area contributed by atoms with Crippen LogP contribution in [0.3, 0.4) is 0 Å². The summed E-state index contributed by atoms with van der Waals surface area (Å²) in [5.41, 5.74) is -1.85. The van der Waals surface area contributed by atoms with Crippen molar-refractivity contribution in [1.29, 1.82) is 0 Å². The molecule has 19 heavy (non-hydrogen) atoms. The largest absolute Gasteiger partial charge is 0.389 e. The number of hydrogen-bond acceptors (Lipinski definition) is 5. The monoisotopic (exact) mass is 290 g/mol. The molecule has 0 saturated carbocycles. The molecule has 1 rings (SSSR count). The predicted octanol–water partition coefficient (Wildman–Crippen LogP) is -0.559. The third-order valence-electron chi connectivity index (χ3n) is 2.57. The maximum atomic E-state index is 11.9. The highest BCUT2D eigenvalue weighted by atomic mass is 32.2. The van der Waals surface area contributed by atoms with E-state index in [1.165, 1.54) is 20.2 Å². The standard InChI is InChI=1S/C11H18N2O5S/c1-11(15,4-6-18-2)8-13-19(16,17)10-7-12-5-3-9(10)14/h3,5,7,13,15H,4,6,8H2,1-2H3,(H,12,14).